The van der Waals surface area contributed by atoms with E-state index in [0.29, 0.717) is 26.4 Å². The van der Waals surface area contributed by atoms with E-state index in [4.69, 9.17) is 18.0 Å². The molecule has 0 N–H and O–H groups in total. The average molecular weight is 311 g/mol. The minimum Gasteiger partial charge on any atom is -0.493 e. The predicted molar refractivity (Wildman–Crippen MR) is 85.4 cm³/mol. The molecule has 0 atom stereocenters. The fourth-order valence-corrected chi connectivity index (χ4v) is 4.78. The van der Waals surface area contributed by atoms with Crippen LogP contribution >= 0.6 is 0 Å². The molecule has 119 valence electrons. The van der Waals surface area contributed by atoms with Gasteiger partial charge in [-0.05, 0) is 39.7 Å². The Morgan fingerprint density at radius 2 is 1.62 bits per heavy atom. The largest absolute Gasteiger partial charge is 0.500 e. The molecule has 0 aliphatic carbocycles. The highest BCUT2D eigenvalue weighted by Crippen LogP contribution is 2.19. The summed E-state index contributed by atoms with van der Waals surface area (Å²) in [5.74, 6) is 0.792. The van der Waals surface area contributed by atoms with Crippen molar-refractivity contribution in [2.75, 3.05) is 26.4 Å². The van der Waals surface area contributed by atoms with Crippen molar-refractivity contribution in [3.05, 3.63) is 30.3 Å². The third kappa shape index (κ3) is 7.08. The van der Waals surface area contributed by atoms with Gasteiger partial charge in [0.15, 0.2) is 0 Å². The monoisotopic (exact) mass is 311 g/mol. The van der Waals surface area contributed by atoms with Crippen LogP contribution in [0.1, 0.15) is 33.6 Å². The van der Waals surface area contributed by atoms with Crippen molar-refractivity contribution in [1.29, 1.82) is 0 Å². The van der Waals surface area contributed by atoms with Gasteiger partial charge in [0, 0.05) is 31.9 Å². The van der Waals surface area contributed by atoms with Crippen LogP contribution in [0.5, 0.6) is 5.75 Å². The second-order valence-electron chi connectivity index (χ2n) is 4.51. The Morgan fingerprint density at radius 1 is 0.952 bits per heavy atom. The number of unbranched alkanes of at least 4 members (excludes halogenated alkanes) is 1. The Labute approximate surface area is 129 Å². The molecule has 1 rings (SSSR count). The molecule has 21 heavy (non-hydrogen) atoms. The quantitative estimate of drug-likeness (QED) is 0.436. The van der Waals surface area contributed by atoms with Crippen LogP contribution in [-0.2, 0) is 13.3 Å². The zero-order valence-corrected chi connectivity index (χ0v) is 14.4. The maximum absolute atomic E-state index is 5.82. The second kappa shape index (κ2) is 10.8. The first-order chi connectivity index (χ1) is 10.3. The van der Waals surface area contributed by atoms with E-state index in [1.54, 1.807) is 0 Å². The summed E-state index contributed by atoms with van der Waals surface area (Å²) in [5.41, 5.74) is 0. The highest BCUT2D eigenvalue weighted by Gasteiger charge is 2.39. The molecule has 0 saturated heterocycles. The Hall–Kier alpha value is -0.883. The number of hydrogen-bond donors (Lipinski definition) is 0. The molecule has 1 radical (unpaired) electrons. The van der Waals surface area contributed by atoms with Gasteiger partial charge in [-0.15, -0.1) is 0 Å². The molecular formula is C16H27O4Si. The molecule has 5 heteroatoms. The van der Waals surface area contributed by atoms with E-state index in [0.717, 1.165) is 24.6 Å². The number of para-hydroxylation sites is 1. The molecule has 0 heterocycles. The molecular weight excluding hydrogens is 284 g/mol. The minimum atomic E-state index is -2.49. The summed E-state index contributed by atoms with van der Waals surface area (Å²) in [4.78, 5) is 0. The van der Waals surface area contributed by atoms with E-state index in [1.165, 1.54) is 0 Å². The van der Waals surface area contributed by atoms with Gasteiger partial charge in [0.2, 0.25) is 0 Å². The third-order valence-electron chi connectivity index (χ3n) is 2.91. The molecule has 0 aliphatic rings. The van der Waals surface area contributed by atoms with Crippen LogP contribution in [0.25, 0.3) is 0 Å². The van der Waals surface area contributed by atoms with Crippen LogP contribution in [0, 0.1) is 6.07 Å². The lowest BCUT2D eigenvalue weighted by molar-refractivity contribution is 0.0704. The SMILES string of the molecule is CCO[Si](CCCCOc1[c]cccc1)(OCC)OCC. The number of hydrogen-bond acceptors (Lipinski definition) is 4. The Morgan fingerprint density at radius 3 is 2.14 bits per heavy atom. The highest BCUT2D eigenvalue weighted by atomic mass is 28.4. The van der Waals surface area contributed by atoms with Gasteiger partial charge >= 0.3 is 8.80 Å². The fraction of sp³-hybridized carbons (Fsp3) is 0.625. The van der Waals surface area contributed by atoms with E-state index >= 15 is 0 Å². The average Bonchev–Trinajstić information content (AvgIpc) is 2.49. The summed E-state index contributed by atoms with van der Waals surface area (Å²) >= 11 is 0. The van der Waals surface area contributed by atoms with Crippen LogP contribution in [-0.4, -0.2) is 35.2 Å². The molecule has 0 unspecified atom stereocenters. The van der Waals surface area contributed by atoms with Crippen molar-refractivity contribution < 1.29 is 18.0 Å². The topological polar surface area (TPSA) is 36.9 Å². The summed E-state index contributed by atoms with van der Waals surface area (Å²) in [6, 6.07) is 11.5. The van der Waals surface area contributed by atoms with Gasteiger partial charge in [-0.2, -0.15) is 0 Å². The third-order valence-corrected chi connectivity index (χ3v) is 6.06. The lowest BCUT2D eigenvalue weighted by atomic mass is 10.3. The summed E-state index contributed by atoms with van der Waals surface area (Å²) in [5, 5.41) is 0. The van der Waals surface area contributed by atoms with Gasteiger partial charge in [-0.25, -0.2) is 0 Å². The molecule has 0 aliphatic heterocycles. The van der Waals surface area contributed by atoms with Crippen molar-refractivity contribution in [2.45, 2.75) is 39.7 Å². The summed E-state index contributed by atoms with van der Waals surface area (Å²) < 4.78 is 23.1. The Bertz CT molecular complexity index is 342. The maximum atomic E-state index is 5.82. The predicted octanol–water partition coefficient (Wildman–Crippen LogP) is 3.69. The molecule has 0 amide bonds. The van der Waals surface area contributed by atoms with E-state index in [2.05, 4.69) is 6.07 Å². The van der Waals surface area contributed by atoms with Crippen molar-refractivity contribution in [3.63, 3.8) is 0 Å². The zero-order chi connectivity index (χ0) is 15.4. The number of benzene rings is 1. The Balaban J connectivity index is 2.31. The molecule has 1 aromatic carbocycles. The van der Waals surface area contributed by atoms with Crippen molar-refractivity contribution in [2.24, 2.45) is 0 Å². The normalized spacial score (nSPS) is 11.6. The van der Waals surface area contributed by atoms with E-state index in [1.807, 2.05) is 45.0 Å². The van der Waals surface area contributed by atoms with Gasteiger partial charge in [-0.3, -0.25) is 0 Å². The summed E-state index contributed by atoms with van der Waals surface area (Å²) in [7, 11) is -2.49. The zero-order valence-electron chi connectivity index (χ0n) is 13.4. The molecule has 0 saturated carbocycles. The maximum Gasteiger partial charge on any atom is 0.500 e. The van der Waals surface area contributed by atoms with Gasteiger partial charge in [0.1, 0.15) is 5.75 Å². The second-order valence-corrected chi connectivity index (χ2v) is 7.25. The van der Waals surface area contributed by atoms with Crippen LogP contribution in [0.15, 0.2) is 24.3 Å². The molecule has 0 spiro atoms. The molecule has 0 bridgehead atoms. The standard InChI is InChI=1S/C16H27O4Si/c1-4-18-21(19-5-2,20-6-3)15-11-10-14-17-16-12-8-7-9-13-16/h7-9,12H,4-6,10-11,14-15H2,1-3H3. The van der Waals surface area contributed by atoms with Crippen LogP contribution in [0.4, 0.5) is 0 Å². The van der Waals surface area contributed by atoms with E-state index in [9.17, 15) is 0 Å². The molecule has 0 aromatic heterocycles. The number of ether oxygens (including phenoxy) is 1. The Kier molecular flexibility index (Phi) is 9.33. The number of rotatable bonds is 12. The molecule has 0 fully saturated rings. The van der Waals surface area contributed by atoms with Crippen molar-refractivity contribution in [3.8, 4) is 5.75 Å². The van der Waals surface area contributed by atoms with Crippen molar-refractivity contribution in [1.82, 2.24) is 0 Å². The van der Waals surface area contributed by atoms with E-state index < -0.39 is 8.80 Å². The van der Waals surface area contributed by atoms with E-state index in [-0.39, 0.29) is 0 Å². The molecule has 1 aromatic rings. The van der Waals surface area contributed by atoms with Crippen LogP contribution < -0.4 is 4.74 Å². The van der Waals surface area contributed by atoms with Crippen molar-refractivity contribution >= 4 is 8.80 Å². The van der Waals surface area contributed by atoms with Crippen LogP contribution in [0.3, 0.4) is 0 Å². The van der Waals surface area contributed by atoms with Gasteiger partial charge in [0.05, 0.1) is 6.61 Å². The first kappa shape index (κ1) is 18.2. The first-order valence-electron chi connectivity index (χ1n) is 7.77. The molecule has 4 nitrogen and oxygen atoms in total. The lowest BCUT2D eigenvalue weighted by Gasteiger charge is -2.28. The van der Waals surface area contributed by atoms with Gasteiger partial charge in [-0.1, -0.05) is 18.2 Å². The van der Waals surface area contributed by atoms with Gasteiger partial charge in [0.25, 0.3) is 0 Å². The smallest absolute Gasteiger partial charge is 0.493 e. The lowest BCUT2D eigenvalue weighted by Crippen LogP contribution is -2.45. The fourth-order valence-electron chi connectivity index (χ4n) is 2.09. The summed E-state index contributed by atoms with van der Waals surface area (Å²) in [6.45, 7) is 8.50. The van der Waals surface area contributed by atoms with Gasteiger partial charge < -0.3 is 18.0 Å². The first-order valence-corrected chi connectivity index (χ1v) is 9.71. The van der Waals surface area contributed by atoms with Crippen LogP contribution in [0.2, 0.25) is 6.04 Å². The highest BCUT2D eigenvalue weighted by molar-refractivity contribution is 6.60. The minimum absolute atomic E-state index is 0.627. The summed E-state index contributed by atoms with van der Waals surface area (Å²) in [6.07, 6.45) is 1.92.